The fourth-order valence-corrected chi connectivity index (χ4v) is 3.51. The van der Waals surface area contributed by atoms with Gasteiger partial charge < -0.3 is 47.9 Å². The van der Waals surface area contributed by atoms with Crippen LogP contribution >= 0.6 is 0 Å². The maximum absolute atomic E-state index is 13.2. The van der Waals surface area contributed by atoms with Crippen LogP contribution in [0.4, 0.5) is 56.7 Å². The predicted octanol–water partition coefficient (Wildman–Crippen LogP) is 3.40. The number of methoxy groups -OCH3 is 1. The highest BCUT2D eigenvalue weighted by molar-refractivity contribution is 5.94. The van der Waals surface area contributed by atoms with Crippen molar-refractivity contribution in [3.63, 3.8) is 0 Å². The van der Waals surface area contributed by atoms with E-state index in [1.54, 1.807) is 36.4 Å². The van der Waals surface area contributed by atoms with Crippen molar-refractivity contribution in [3.05, 3.63) is 64.1 Å². The Morgan fingerprint density at radius 2 is 1.27 bits per heavy atom. The summed E-state index contributed by atoms with van der Waals surface area (Å²) < 4.78 is 102. The van der Waals surface area contributed by atoms with Crippen molar-refractivity contribution in [2.75, 3.05) is 23.9 Å². The molecule has 12 N–H and O–H groups in total. The van der Waals surface area contributed by atoms with Gasteiger partial charge in [0, 0.05) is 23.7 Å². The Bertz CT molecular complexity index is 1830. The number of carboxylic acid groups (broad SMARTS) is 3. The summed E-state index contributed by atoms with van der Waals surface area (Å²) in [6.45, 7) is 3.76. The minimum Gasteiger partial charge on any atom is -0.492 e. The van der Waals surface area contributed by atoms with E-state index in [9.17, 15) is 49.1 Å². The van der Waals surface area contributed by atoms with Crippen LogP contribution in [0.2, 0.25) is 0 Å². The molecule has 0 fully saturated rings. The van der Waals surface area contributed by atoms with Crippen LogP contribution in [0, 0.1) is 5.41 Å². The van der Waals surface area contributed by atoms with E-state index >= 15 is 0 Å². The molecule has 0 saturated carbocycles. The van der Waals surface area contributed by atoms with Gasteiger partial charge in [0.2, 0.25) is 5.91 Å². The van der Waals surface area contributed by atoms with Gasteiger partial charge in [-0.1, -0.05) is 24.3 Å². The Morgan fingerprint density at radius 1 is 0.857 bits per heavy atom. The van der Waals surface area contributed by atoms with E-state index in [0.29, 0.717) is 33.9 Å². The number of aromatic nitrogens is 2. The van der Waals surface area contributed by atoms with Gasteiger partial charge in [0.05, 0.1) is 30.4 Å². The molecule has 310 valence electrons. The van der Waals surface area contributed by atoms with E-state index in [2.05, 4.69) is 15.6 Å². The zero-order valence-corrected chi connectivity index (χ0v) is 28.9. The van der Waals surface area contributed by atoms with Crippen LogP contribution in [0.15, 0.2) is 47.4 Å². The monoisotopic (exact) mass is 820 g/mol. The van der Waals surface area contributed by atoms with Crippen LogP contribution in [0.5, 0.6) is 5.75 Å². The van der Waals surface area contributed by atoms with Crippen LogP contribution < -0.4 is 38.1 Å². The average molecular weight is 821 g/mol. The van der Waals surface area contributed by atoms with Crippen molar-refractivity contribution >= 4 is 46.8 Å². The van der Waals surface area contributed by atoms with E-state index in [0.717, 1.165) is 5.56 Å². The molecular weight excluding hydrogens is 787 g/mol. The Morgan fingerprint density at radius 3 is 1.61 bits per heavy atom. The molecule has 1 amide bonds. The summed E-state index contributed by atoms with van der Waals surface area (Å²) in [5, 5.41) is 34.7. The Hall–Kier alpha value is -6.76. The highest BCUT2D eigenvalue weighted by Gasteiger charge is 2.39. The third-order valence-electron chi connectivity index (χ3n) is 5.91. The topological polar surface area (TPSA) is 299 Å². The number of aliphatic carboxylic acids is 3. The van der Waals surface area contributed by atoms with Gasteiger partial charge in [-0.05, 0) is 31.5 Å². The number of amides is 1. The molecule has 0 aliphatic heterocycles. The lowest BCUT2D eigenvalue weighted by molar-refractivity contribution is -0.193. The lowest BCUT2D eigenvalue weighted by atomic mass is 10.1. The number of benzene rings is 2. The van der Waals surface area contributed by atoms with Crippen LogP contribution in [0.1, 0.15) is 25.0 Å². The van der Waals surface area contributed by atoms with E-state index in [1.807, 2.05) is 13.8 Å². The number of hydrogen-bond donors (Lipinski definition) is 9. The highest BCUT2D eigenvalue weighted by Crippen LogP contribution is 2.34. The zero-order valence-electron chi connectivity index (χ0n) is 28.9. The second-order valence-corrected chi connectivity index (χ2v) is 10.7. The fraction of sp³-hybridized carbons (Fsp3) is 0.300. The Balaban J connectivity index is 0.00000117. The molecule has 2 aromatic carbocycles. The predicted molar refractivity (Wildman–Crippen MR) is 178 cm³/mol. The number of carboxylic acids is 3. The zero-order chi connectivity index (χ0) is 43.9. The van der Waals surface area contributed by atoms with E-state index in [1.165, 1.54) is 17.9 Å². The average Bonchev–Trinajstić information content (AvgIpc) is 3.05. The first-order valence-corrected chi connectivity index (χ1v) is 14.6. The number of amidine groups is 1. The summed E-state index contributed by atoms with van der Waals surface area (Å²) >= 11 is 0. The standard InChI is InChI=1S/C24H30N8O3.3C2HF3O2/c1-13(2)31-23-24(34)32(12-20(33)29-10-14-4-6-15(7-5-14)22(27)28)19(11-30-23)16-8-17(25)21(35-3)18(26)9-16;3*3-2(4,5)1(6)7/h4-9,11,13H,10,12,25-26H2,1-3H3,(H3,27,28)(H,29,33)(H,30,31);3*(H,6,7). The van der Waals surface area contributed by atoms with Gasteiger partial charge in [0.15, 0.2) is 11.6 Å². The number of anilines is 3. The number of nitrogens with two attached hydrogens (primary N) is 3. The number of alkyl halides is 9. The number of halogens is 9. The lowest BCUT2D eigenvalue weighted by Crippen LogP contribution is -2.35. The summed E-state index contributed by atoms with van der Waals surface area (Å²) in [6, 6.07) is 10.2. The van der Waals surface area contributed by atoms with Crippen molar-refractivity contribution in [1.29, 1.82) is 5.41 Å². The molecule has 0 spiro atoms. The first kappa shape index (κ1) is 49.2. The summed E-state index contributed by atoms with van der Waals surface area (Å²) in [5.74, 6) is -8.21. The third kappa shape index (κ3) is 16.9. The molecule has 0 aliphatic carbocycles. The van der Waals surface area contributed by atoms with Crippen molar-refractivity contribution < 1.29 is 78.7 Å². The van der Waals surface area contributed by atoms with Crippen LogP contribution in [-0.4, -0.2) is 86.2 Å². The molecule has 0 unspecified atom stereocenters. The van der Waals surface area contributed by atoms with E-state index in [-0.39, 0.29) is 36.7 Å². The Labute approximate surface area is 308 Å². The quantitative estimate of drug-likeness (QED) is 0.0647. The Kier molecular flexibility index (Phi) is 18.1. The molecule has 0 atom stereocenters. The maximum Gasteiger partial charge on any atom is 0.490 e. The van der Waals surface area contributed by atoms with Gasteiger partial charge in [0.1, 0.15) is 12.4 Å². The lowest BCUT2D eigenvalue weighted by Gasteiger charge is -2.17. The number of hydrogen-bond acceptors (Lipinski definition) is 11. The van der Waals surface area contributed by atoms with Gasteiger partial charge >= 0.3 is 36.4 Å². The number of carbonyl (C=O) groups excluding carboxylic acids is 1. The number of nitrogen functional groups attached to an aromatic ring is 3. The summed E-state index contributed by atoms with van der Waals surface area (Å²) in [4.78, 5) is 57.0. The fourth-order valence-electron chi connectivity index (χ4n) is 3.51. The third-order valence-corrected chi connectivity index (χ3v) is 5.91. The first-order valence-electron chi connectivity index (χ1n) is 14.6. The number of ether oxygens (including phenoxy) is 1. The van der Waals surface area contributed by atoms with Crippen molar-refractivity contribution in [3.8, 4) is 17.0 Å². The molecule has 3 aromatic rings. The SMILES string of the molecule is COc1c(N)cc(-c2cnc(NC(C)C)c(=O)n2CC(=O)NCc2ccc(C(=N)N)cc2)cc1N.O=C(O)C(F)(F)F.O=C(O)C(F)(F)F.O=C(O)C(F)(F)F. The van der Waals surface area contributed by atoms with Crippen molar-refractivity contribution in [2.45, 2.75) is 51.5 Å². The van der Waals surface area contributed by atoms with Crippen molar-refractivity contribution in [1.82, 2.24) is 14.9 Å². The molecule has 0 radical (unpaired) electrons. The molecule has 0 saturated heterocycles. The van der Waals surface area contributed by atoms with Gasteiger partial charge in [-0.3, -0.25) is 19.6 Å². The number of carbonyl (C=O) groups is 4. The summed E-state index contributed by atoms with van der Waals surface area (Å²) in [5.41, 5.74) is 20.1. The molecule has 1 heterocycles. The van der Waals surface area contributed by atoms with Gasteiger partial charge in [-0.25, -0.2) is 19.4 Å². The van der Waals surface area contributed by atoms with E-state index in [4.69, 9.17) is 57.1 Å². The first-order chi connectivity index (χ1) is 25.4. The smallest absolute Gasteiger partial charge is 0.490 e. The van der Waals surface area contributed by atoms with Crippen molar-refractivity contribution in [2.24, 2.45) is 5.73 Å². The number of rotatable bonds is 9. The summed E-state index contributed by atoms with van der Waals surface area (Å²) in [7, 11) is 1.46. The second kappa shape index (κ2) is 20.6. The molecule has 26 heteroatoms. The molecule has 3 rings (SSSR count). The minimum atomic E-state index is -5.08. The normalized spacial score (nSPS) is 10.9. The highest BCUT2D eigenvalue weighted by atomic mass is 19.4. The van der Waals surface area contributed by atoms with Gasteiger partial charge in [-0.15, -0.1) is 0 Å². The summed E-state index contributed by atoms with van der Waals surface area (Å²) in [6.07, 6.45) is -13.7. The molecule has 56 heavy (non-hydrogen) atoms. The molecule has 1 aromatic heterocycles. The maximum atomic E-state index is 13.2. The molecular formula is C30H33F9N8O9. The molecule has 0 bridgehead atoms. The van der Waals surface area contributed by atoms with Gasteiger partial charge in [0.25, 0.3) is 5.56 Å². The molecule has 17 nitrogen and oxygen atoms in total. The van der Waals surface area contributed by atoms with Crippen LogP contribution in [0.25, 0.3) is 11.3 Å². The number of nitrogens with zero attached hydrogens (tertiary/aromatic N) is 2. The minimum absolute atomic E-state index is 0.0317. The van der Waals surface area contributed by atoms with Gasteiger partial charge in [-0.2, -0.15) is 39.5 Å². The second-order valence-electron chi connectivity index (χ2n) is 10.7. The van der Waals surface area contributed by atoms with Crippen LogP contribution in [-0.2, 0) is 32.3 Å². The largest absolute Gasteiger partial charge is 0.492 e. The number of nitrogens with one attached hydrogen (secondary N) is 3. The van der Waals surface area contributed by atoms with E-state index < -0.39 is 42.0 Å². The van der Waals surface area contributed by atoms with Crippen LogP contribution in [0.3, 0.4) is 0 Å². The molecule has 0 aliphatic rings.